The summed E-state index contributed by atoms with van der Waals surface area (Å²) in [5.41, 5.74) is 2.15. The third-order valence-electron chi connectivity index (χ3n) is 3.54. The van der Waals surface area contributed by atoms with Gasteiger partial charge in [0.05, 0.1) is 0 Å². The van der Waals surface area contributed by atoms with E-state index < -0.39 is 0 Å². The van der Waals surface area contributed by atoms with Crippen molar-refractivity contribution in [2.75, 3.05) is 0 Å². The van der Waals surface area contributed by atoms with Crippen molar-refractivity contribution in [3.63, 3.8) is 0 Å². The Kier molecular flexibility index (Phi) is 5.22. The number of hydrogen-bond acceptors (Lipinski definition) is 0. The van der Waals surface area contributed by atoms with Crippen LogP contribution >= 0.6 is 16.5 Å². The molecule has 2 aliphatic rings. The van der Waals surface area contributed by atoms with Gasteiger partial charge in [-0.05, 0) is 53.5 Å². The molecule has 14 heavy (non-hydrogen) atoms. The standard InChI is InChI=1S/C12H22P2/c1-3-7-11(8-4-1)13-14-12-9-5-2-6-10-12/h11-12H,1-10H2. The molecule has 0 aromatic carbocycles. The van der Waals surface area contributed by atoms with Gasteiger partial charge >= 0.3 is 0 Å². The summed E-state index contributed by atoms with van der Waals surface area (Å²) >= 11 is 0. The van der Waals surface area contributed by atoms with Gasteiger partial charge in [-0.2, -0.15) is 0 Å². The predicted octanol–water partition coefficient (Wildman–Crippen LogP) is 5.46. The first-order chi connectivity index (χ1) is 6.95. The Bertz CT molecular complexity index is 128. The molecule has 0 N–H and O–H groups in total. The van der Waals surface area contributed by atoms with E-state index in [1.165, 1.54) is 64.2 Å². The average molecular weight is 228 g/mol. The lowest BCUT2D eigenvalue weighted by Crippen LogP contribution is -2.08. The average Bonchev–Trinajstić information content (AvgIpc) is 2.29. The molecule has 0 amide bonds. The number of hydrogen-bond donors (Lipinski definition) is 0. The fourth-order valence-electron chi connectivity index (χ4n) is 2.58. The maximum atomic E-state index is 1.78. The molecule has 0 aromatic rings. The molecule has 2 aliphatic carbocycles. The third kappa shape index (κ3) is 3.79. The lowest BCUT2D eigenvalue weighted by atomic mass is 10.0. The van der Waals surface area contributed by atoms with E-state index >= 15 is 0 Å². The topological polar surface area (TPSA) is 0 Å². The van der Waals surface area contributed by atoms with E-state index in [-0.39, 0.29) is 0 Å². The van der Waals surface area contributed by atoms with Crippen molar-refractivity contribution >= 4 is 16.5 Å². The minimum Gasteiger partial charge on any atom is -0.0533 e. The summed E-state index contributed by atoms with van der Waals surface area (Å²) in [5, 5.41) is 0. The molecule has 2 saturated carbocycles. The van der Waals surface area contributed by atoms with Crippen molar-refractivity contribution in [1.29, 1.82) is 0 Å². The lowest BCUT2D eigenvalue weighted by molar-refractivity contribution is 0.511. The molecule has 0 nitrogen and oxygen atoms in total. The van der Waals surface area contributed by atoms with Crippen molar-refractivity contribution in [3.8, 4) is 0 Å². The zero-order chi connectivity index (χ0) is 9.64. The molecule has 0 saturated heterocycles. The third-order valence-corrected chi connectivity index (χ3v) is 7.72. The van der Waals surface area contributed by atoms with E-state index in [1.807, 2.05) is 0 Å². The second-order valence-electron chi connectivity index (χ2n) is 4.81. The first-order valence-corrected chi connectivity index (χ1v) is 8.98. The van der Waals surface area contributed by atoms with Crippen LogP contribution in [0.1, 0.15) is 64.2 Å². The molecule has 2 rings (SSSR count). The summed E-state index contributed by atoms with van der Waals surface area (Å²) in [6.45, 7) is 0. The van der Waals surface area contributed by atoms with Gasteiger partial charge in [0.2, 0.25) is 0 Å². The molecule has 0 aliphatic heterocycles. The van der Waals surface area contributed by atoms with E-state index in [2.05, 4.69) is 0 Å². The van der Waals surface area contributed by atoms with Gasteiger partial charge in [-0.3, -0.25) is 0 Å². The summed E-state index contributed by atoms with van der Waals surface area (Å²) in [6, 6.07) is 0. The van der Waals surface area contributed by atoms with Gasteiger partial charge in [0, 0.05) is 0 Å². The van der Waals surface area contributed by atoms with Gasteiger partial charge in [0.25, 0.3) is 0 Å². The largest absolute Gasteiger partial charge is 0.0533 e. The zero-order valence-electron chi connectivity index (χ0n) is 9.12. The van der Waals surface area contributed by atoms with Crippen LogP contribution in [0.4, 0.5) is 0 Å². The van der Waals surface area contributed by atoms with Crippen LogP contribution in [0.25, 0.3) is 0 Å². The minimum absolute atomic E-state index is 1.08. The highest BCUT2D eigenvalue weighted by Gasteiger charge is 2.18. The van der Waals surface area contributed by atoms with E-state index in [0.29, 0.717) is 0 Å². The van der Waals surface area contributed by atoms with Gasteiger partial charge in [-0.1, -0.05) is 38.5 Å². The summed E-state index contributed by atoms with van der Waals surface area (Å²) in [5.74, 6) is 0. The fourth-order valence-corrected chi connectivity index (χ4v) is 6.67. The number of rotatable bonds is 3. The van der Waals surface area contributed by atoms with E-state index in [0.717, 1.165) is 11.3 Å². The molecule has 0 spiro atoms. The van der Waals surface area contributed by atoms with Crippen molar-refractivity contribution < 1.29 is 0 Å². The van der Waals surface area contributed by atoms with Crippen molar-refractivity contribution in [2.45, 2.75) is 75.5 Å². The first kappa shape index (κ1) is 11.3. The Morgan fingerprint density at radius 2 is 0.857 bits per heavy atom. The molecule has 2 heteroatoms. The lowest BCUT2D eigenvalue weighted by Gasteiger charge is -2.25. The van der Waals surface area contributed by atoms with Crippen LogP contribution in [0.2, 0.25) is 0 Å². The Hall–Kier alpha value is 0.860. The van der Waals surface area contributed by atoms with Crippen LogP contribution in [0.5, 0.6) is 0 Å². The van der Waals surface area contributed by atoms with Gasteiger partial charge in [0.1, 0.15) is 0 Å². The Morgan fingerprint density at radius 3 is 1.21 bits per heavy atom. The molecule has 2 radical (unpaired) electrons. The molecule has 0 heterocycles. The first-order valence-electron chi connectivity index (χ1n) is 6.35. The minimum atomic E-state index is 1.08. The van der Waals surface area contributed by atoms with Gasteiger partial charge in [-0.25, -0.2) is 0 Å². The molecule has 2 fully saturated rings. The molecule has 0 atom stereocenters. The van der Waals surface area contributed by atoms with Gasteiger partial charge in [0.15, 0.2) is 0 Å². The monoisotopic (exact) mass is 228 g/mol. The highest BCUT2D eigenvalue weighted by atomic mass is 32.0. The molecule has 80 valence electrons. The van der Waals surface area contributed by atoms with Crippen LogP contribution in [-0.2, 0) is 0 Å². The van der Waals surface area contributed by atoms with Crippen LogP contribution in [0.3, 0.4) is 0 Å². The molecule has 0 bridgehead atoms. The molecule has 0 aromatic heterocycles. The smallest absolute Gasteiger partial charge is 0.0125 e. The molecule has 0 unspecified atom stereocenters. The predicted molar refractivity (Wildman–Crippen MR) is 67.6 cm³/mol. The maximum absolute atomic E-state index is 1.78. The zero-order valence-corrected chi connectivity index (χ0v) is 10.9. The van der Waals surface area contributed by atoms with Crippen LogP contribution < -0.4 is 0 Å². The quantitative estimate of drug-likeness (QED) is 0.563. The second-order valence-corrected chi connectivity index (χ2v) is 8.12. The normalized spacial score (nSPS) is 28.3. The van der Waals surface area contributed by atoms with E-state index in [4.69, 9.17) is 0 Å². The van der Waals surface area contributed by atoms with Crippen molar-refractivity contribution in [3.05, 3.63) is 0 Å². The van der Waals surface area contributed by atoms with Crippen LogP contribution in [0.15, 0.2) is 0 Å². The highest BCUT2D eigenvalue weighted by Crippen LogP contribution is 2.52. The van der Waals surface area contributed by atoms with Gasteiger partial charge < -0.3 is 0 Å². The van der Waals surface area contributed by atoms with Crippen LogP contribution in [-0.4, -0.2) is 11.3 Å². The molecular formula is C12H22P2. The van der Waals surface area contributed by atoms with Crippen LogP contribution in [0, 0.1) is 0 Å². The van der Waals surface area contributed by atoms with Crippen molar-refractivity contribution in [1.82, 2.24) is 0 Å². The van der Waals surface area contributed by atoms with E-state index in [9.17, 15) is 0 Å². The fraction of sp³-hybridized carbons (Fsp3) is 1.00. The summed E-state index contributed by atoms with van der Waals surface area (Å²) < 4.78 is 0. The summed E-state index contributed by atoms with van der Waals surface area (Å²) in [4.78, 5) is 0. The summed E-state index contributed by atoms with van der Waals surface area (Å²) in [7, 11) is 3.56. The second kappa shape index (κ2) is 6.44. The maximum Gasteiger partial charge on any atom is -0.0125 e. The molecular weight excluding hydrogens is 206 g/mol. The Morgan fingerprint density at radius 1 is 0.500 bits per heavy atom. The summed E-state index contributed by atoms with van der Waals surface area (Å²) in [6.07, 6.45) is 15.2. The SMILES string of the molecule is C1CCC([P][P]C2CCCCC2)CC1. The van der Waals surface area contributed by atoms with Crippen molar-refractivity contribution in [2.24, 2.45) is 0 Å². The Labute approximate surface area is 92.5 Å². The van der Waals surface area contributed by atoms with Gasteiger partial charge in [-0.15, -0.1) is 0 Å². The highest BCUT2D eigenvalue weighted by molar-refractivity contribution is 8.12. The Balaban J connectivity index is 1.60. The van der Waals surface area contributed by atoms with E-state index in [1.54, 1.807) is 16.5 Å².